The number of azo groups is 1. The molecule has 2 aromatic carbocycles. The monoisotopic (exact) mass is 448 g/mol. The first-order valence-corrected chi connectivity index (χ1v) is 10.3. The van der Waals surface area contributed by atoms with Crippen LogP contribution in [0.5, 0.6) is 0 Å². The zero-order valence-corrected chi connectivity index (χ0v) is 18.0. The van der Waals surface area contributed by atoms with Gasteiger partial charge in [0.05, 0.1) is 22.2 Å². The van der Waals surface area contributed by atoms with Crippen LogP contribution in [0.15, 0.2) is 52.7 Å². The molecule has 0 unspecified atom stereocenters. The van der Waals surface area contributed by atoms with Crippen LogP contribution < -0.4 is 4.90 Å². The molecule has 10 heteroatoms. The Labute approximate surface area is 185 Å². The fourth-order valence-corrected chi connectivity index (χ4v) is 3.02. The Hall–Kier alpha value is -3.04. The van der Waals surface area contributed by atoms with Gasteiger partial charge in [-0.25, -0.2) is 0 Å². The van der Waals surface area contributed by atoms with Gasteiger partial charge in [0.1, 0.15) is 5.69 Å². The van der Waals surface area contributed by atoms with Gasteiger partial charge < -0.3 is 14.7 Å². The van der Waals surface area contributed by atoms with Gasteiger partial charge in [-0.1, -0.05) is 11.6 Å². The summed E-state index contributed by atoms with van der Waals surface area (Å²) in [6.45, 7) is 3.53. The maximum Gasteiger partial charge on any atom is 0.305 e. The van der Waals surface area contributed by atoms with Gasteiger partial charge in [-0.15, -0.1) is 5.11 Å². The number of carbonyl (C=O) groups is 1. The van der Waals surface area contributed by atoms with Gasteiger partial charge in [0.25, 0.3) is 5.69 Å². The molecule has 2 aromatic rings. The van der Waals surface area contributed by atoms with E-state index in [-0.39, 0.29) is 23.3 Å². The van der Waals surface area contributed by atoms with E-state index in [4.69, 9.17) is 21.4 Å². The molecule has 0 heterocycles. The van der Waals surface area contributed by atoms with Crippen LogP contribution in [0.4, 0.5) is 22.7 Å². The van der Waals surface area contributed by atoms with Crippen molar-refractivity contribution in [3.05, 3.63) is 57.6 Å². The molecular formula is C21H25ClN4O5. The van der Waals surface area contributed by atoms with E-state index in [1.165, 1.54) is 18.2 Å². The number of benzene rings is 2. The molecule has 0 radical (unpaired) electrons. The van der Waals surface area contributed by atoms with Crippen LogP contribution in [0.3, 0.4) is 0 Å². The fourth-order valence-electron chi connectivity index (χ4n) is 2.81. The highest BCUT2D eigenvalue weighted by Crippen LogP contribution is 2.30. The van der Waals surface area contributed by atoms with Crippen LogP contribution >= 0.6 is 11.6 Å². The number of aliphatic hydroxyl groups is 1. The van der Waals surface area contributed by atoms with E-state index in [0.717, 1.165) is 5.69 Å². The minimum atomic E-state index is -0.527. The molecule has 9 nitrogen and oxygen atoms in total. The van der Waals surface area contributed by atoms with E-state index in [0.29, 0.717) is 50.3 Å². The minimum Gasteiger partial charge on any atom is -0.466 e. The summed E-state index contributed by atoms with van der Waals surface area (Å²) in [5.41, 5.74) is 1.75. The predicted molar refractivity (Wildman–Crippen MR) is 119 cm³/mol. The second kappa shape index (κ2) is 12.6. The van der Waals surface area contributed by atoms with Crippen LogP contribution in [0.25, 0.3) is 0 Å². The van der Waals surface area contributed by atoms with Crippen molar-refractivity contribution < 1.29 is 19.6 Å². The topological polar surface area (TPSA) is 118 Å². The normalized spacial score (nSPS) is 10.9. The number of aliphatic hydroxyl groups excluding tert-OH is 1. The highest BCUT2D eigenvalue weighted by Gasteiger charge is 2.10. The number of nitro groups is 1. The molecule has 2 rings (SSSR count). The number of esters is 1. The molecule has 0 amide bonds. The summed E-state index contributed by atoms with van der Waals surface area (Å²) < 4.78 is 4.95. The molecule has 0 spiro atoms. The number of hydrogen-bond donors (Lipinski definition) is 1. The Balaban J connectivity index is 2.03. The van der Waals surface area contributed by atoms with Gasteiger partial charge in [0, 0.05) is 43.9 Å². The molecule has 0 bridgehead atoms. The van der Waals surface area contributed by atoms with E-state index in [1.54, 1.807) is 19.1 Å². The zero-order chi connectivity index (χ0) is 22.6. The van der Waals surface area contributed by atoms with Gasteiger partial charge in [0.2, 0.25) is 0 Å². The predicted octanol–water partition coefficient (Wildman–Crippen LogP) is 5.20. The fraction of sp³-hybridized carbons (Fsp3) is 0.381. The second-order valence-electron chi connectivity index (χ2n) is 6.58. The number of ether oxygens (including phenoxy) is 1. The highest BCUT2D eigenvalue weighted by molar-refractivity contribution is 6.33. The van der Waals surface area contributed by atoms with Gasteiger partial charge in [-0.05, 0) is 50.1 Å². The molecule has 1 N–H and O–H groups in total. The van der Waals surface area contributed by atoms with E-state index in [1.807, 2.05) is 12.1 Å². The molecule has 0 fully saturated rings. The summed E-state index contributed by atoms with van der Waals surface area (Å²) in [5, 5.41) is 28.3. The molecule has 0 aliphatic heterocycles. The average molecular weight is 449 g/mol. The Kier molecular flexibility index (Phi) is 9.86. The summed E-state index contributed by atoms with van der Waals surface area (Å²) in [5.74, 6) is -0.217. The van der Waals surface area contributed by atoms with Crippen molar-refractivity contribution in [1.29, 1.82) is 0 Å². The van der Waals surface area contributed by atoms with Crippen molar-refractivity contribution in [2.24, 2.45) is 10.2 Å². The van der Waals surface area contributed by atoms with E-state index in [9.17, 15) is 14.9 Å². The third kappa shape index (κ3) is 7.95. The summed E-state index contributed by atoms with van der Waals surface area (Å²) in [6, 6.07) is 11.3. The van der Waals surface area contributed by atoms with Crippen LogP contribution in [0, 0.1) is 10.1 Å². The lowest BCUT2D eigenvalue weighted by molar-refractivity contribution is -0.384. The highest BCUT2D eigenvalue weighted by atomic mass is 35.5. The average Bonchev–Trinajstić information content (AvgIpc) is 2.75. The molecule has 0 saturated carbocycles. The standard InChI is InChI=1S/C21H25ClN4O5/c1-2-31-21(28)5-3-12-25(13-4-14-27)17-8-6-16(7-9-17)23-24-20-11-10-18(26(29)30)15-19(20)22/h6-11,15,27H,2-5,12-14H2,1H3. The lowest BCUT2D eigenvalue weighted by Gasteiger charge is -2.24. The van der Waals surface area contributed by atoms with Crippen molar-refractivity contribution >= 4 is 40.3 Å². The Morgan fingerprint density at radius 1 is 1.16 bits per heavy atom. The summed E-state index contributed by atoms with van der Waals surface area (Å²) in [6.07, 6.45) is 1.59. The lowest BCUT2D eigenvalue weighted by Crippen LogP contribution is -2.26. The maximum atomic E-state index is 11.5. The summed E-state index contributed by atoms with van der Waals surface area (Å²) in [4.78, 5) is 23.9. The first-order chi connectivity index (χ1) is 14.9. The third-order valence-corrected chi connectivity index (χ3v) is 4.63. The van der Waals surface area contributed by atoms with Gasteiger partial charge in [0.15, 0.2) is 0 Å². The van der Waals surface area contributed by atoms with Crippen molar-refractivity contribution in [3.63, 3.8) is 0 Å². The number of non-ortho nitro benzene ring substituents is 1. The molecule has 0 aliphatic carbocycles. The summed E-state index contributed by atoms with van der Waals surface area (Å²) >= 11 is 6.03. The Morgan fingerprint density at radius 2 is 1.87 bits per heavy atom. The van der Waals surface area contributed by atoms with Crippen molar-refractivity contribution in [1.82, 2.24) is 0 Å². The smallest absolute Gasteiger partial charge is 0.305 e. The maximum absolute atomic E-state index is 11.5. The van der Waals surface area contributed by atoms with Crippen LogP contribution in [-0.2, 0) is 9.53 Å². The van der Waals surface area contributed by atoms with Gasteiger partial charge in [-0.2, -0.15) is 5.11 Å². The quantitative estimate of drug-likeness (QED) is 0.206. The molecule has 0 atom stereocenters. The number of rotatable bonds is 12. The van der Waals surface area contributed by atoms with Crippen LogP contribution in [0.1, 0.15) is 26.2 Å². The van der Waals surface area contributed by atoms with Crippen molar-refractivity contribution in [2.75, 3.05) is 31.2 Å². The number of anilines is 1. The van der Waals surface area contributed by atoms with Gasteiger partial charge >= 0.3 is 5.97 Å². The second-order valence-corrected chi connectivity index (χ2v) is 6.99. The number of nitro benzene ring substituents is 1. The van der Waals surface area contributed by atoms with Crippen molar-refractivity contribution in [2.45, 2.75) is 26.2 Å². The largest absolute Gasteiger partial charge is 0.466 e. The summed E-state index contributed by atoms with van der Waals surface area (Å²) in [7, 11) is 0. The van der Waals surface area contributed by atoms with Gasteiger partial charge in [-0.3, -0.25) is 14.9 Å². The number of halogens is 1. The van der Waals surface area contributed by atoms with E-state index in [2.05, 4.69) is 15.1 Å². The zero-order valence-electron chi connectivity index (χ0n) is 17.2. The van der Waals surface area contributed by atoms with E-state index >= 15 is 0 Å². The Morgan fingerprint density at radius 3 is 2.48 bits per heavy atom. The van der Waals surface area contributed by atoms with Crippen LogP contribution in [-0.4, -0.2) is 42.3 Å². The molecule has 0 aromatic heterocycles. The molecule has 0 saturated heterocycles. The number of nitrogens with zero attached hydrogens (tertiary/aromatic N) is 4. The molecule has 166 valence electrons. The molecular weight excluding hydrogens is 424 g/mol. The van der Waals surface area contributed by atoms with E-state index < -0.39 is 4.92 Å². The number of carbonyl (C=O) groups excluding carboxylic acids is 1. The van der Waals surface area contributed by atoms with Crippen LogP contribution in [0.2, 0.25) is 5.02 Å². The first-order valence-electron chi connectivity index (χ1n) is 9.91. The SMILES string of the molecule is CCOC(=O)CCCN(CCCO)c1ccc(N=Nc2ccc([N+](=O)[O-])cc2Cl)cc1. The first kappa shape index (κ1) is 24.2. The molecule has 31 heavy (non-hydrogen) atoms. The third-order valence-electron chi connectivity index (χ3n) is 4.33. The number of hydrogen-bond acceptors (Lipinski definition) is 8. The van der Waals surface area contributed by atoms with Crippen molar-refractivity contribution in [3.8, 4) is 0 Å². The minimum absolute atomic E-state index is 0.0800. The molecule has 0 aliphatic rings. The Bertz CT molecular complexity index is 905. The lowest BCUT2D eigenvalue weighted by atomic mass is 10.2.